The number of hydrogen-bond acceptors (Lipinski definition) is 4. The van der Waals surface area contributed by atoms with Crippen LogP contribution in [0.1, 0.15) is 29.9 Å². The molecule has 2 aromatic heterocycles. The number of benzene rings is 1. The summed E-state index contributed by atoms with van der Waals surface area (Å²) in [4.78, 5) is 24.6. The molecule has 5 rings (SSSR count). The van der Waals surface area contributed by atoms with E-state index in [1.165, 1.54) is 12.8 Å². The third kappa shape index (κ3) is 3.02. The number of aromatic nitrogens is 3. The summed E-state index contributed by atoms with van der Waals surface area (Å²) >= 11 is 0. The fourth-order valence-corrected chi connectivity index (χ4v) is 4.15. The number of pyridine rings is 1. The second-order valence-electron chi connectivity index (χ2n) is 7.22. The molecule has 1 unspecified atom stereocenters. The van der Waals surface area contributed by atoms with Crippen LogP contribution >= 0.6 is 0 Å². The van der Waals surface area contributed by atoms with Gasteiger partial charge in [0.05, 0.1) is 10.9 Å². The van der Waals surface area contributed by atoms with E-state index in [0.717, 1.165) is 48.7 Å². The van der Waals surface area contributed by atoms with Gasteiger partial charge >= 0.3 is 0 Å². The summed E-state index contributed by atoms with van der Waals surface area (Å²) in [7, 11) is 0. The summed E-state index contributed by atoms with van der Waals surface area (Å²) in [5.74, 6) is 7.09. The van der Waals surface area contributed by atoms with Gasteiger partial charge < -0.3 is 0 Å². The fourth-order valence-electron chi connectivity index (χ4n) is 4.15. The van der Waals surface area contributed by atoms with Crippen molar-refractivity contribution < 1.29 is 0 Å². The van der Waals surface area contributed by atoms with Gasteiger partial charge in [0, 0.05) is 37.3 Å². The van der Waals surface area contributed by atoms with Crippen molar-refractivity contribution in [2.24, 2.45) is 0 Å². The first-order valence-electron chi connectivity index (χ1n) is 9.48. The lowest BCUT2D eigenvalue weighted by Crippen LogP contribution is -2.34. The van der Waals surface area contributed by atoms with Crippen LogP contribution in [-0.2, 0) is 13.0 Å². The van der Waals surface area contributed by atoms with Crippen molar-refractivity contribution in [3.8, 4) is 11.8 Å². The first kappa shape index (κ1) is 16.2. The molecule has 3 aromatic rings. The van der Waals surface area contributed by atoms with E-state index >= 15 is 0 Å². The number of rotatable bonds is 0. The van der Waals surface area contributed by atoms with Crippen LogP contribution in [0.2, 0.25) is 0 Å². The summed E-state index contributed by atoms with van der Waals surface area (Å²) < 4.78 is 1.90. The Bertz CT molecular complexity index is 1120. The van der Waals surface area contributed by atoms with E-state index in [9.17, 15) is 4.79 Å². The van der Waals surface area contributed by atoms with Crippen molar-refractivity contribution >= 4 is 10.9 Å². The van der Waals surface area contributed by atoms with Crippen LogP contribution in [0, 0.1) is 11.8 Å². The van der Waals surface area contributed by atoms with Crippen molar-refractivity contribution in [1.29, 1.82) is 0 Å². The highest BCUT2D eigenvalue weighted by atomic mass is 16.1. The summed E-state index contributed by atoms with van der Waals surface area (Å²) in [6.07, 6.45) is 4.96. The monoisotopic (exact) mass is 356 g/mol. The van der Waals surface area contributed by atoms with Gasteiger partial charge in [0.25, 0.3) is 5.56 Å². The van der Waals surface area contributed by atoms with E-state index in [4.69, 9.17) is 4.98 Å². The Morgan fingerprint density at radius 1 is 1.11 bits per heavy atom. The Kier molecular flexibility index (Phi) is 3.99. The normalized spacial score (nSPS) is 19.0. The maximum Gasteiger partial charge on any atom is 0.261 e. The van der Waals surface area contributed by atoms with E-state index in [0.29, 0.717) is 11.4 Å². The molecule has 2 aliphatic heterocycles. The molecule has 134 valence electrons. The predicted molar refractivity (Wildman–Crippen MR) is 105 cm³/mol. The molecule has 5 nitrogen and oxygen atoms in total. The minimum atomic E-state index is 0.0768. The molecule has 27 heavy (non-hydrogen) atoms. The van der Waals surface area contributed by atoms with Gasteiger partial charge in [-0.25, -0.2) is 9.97 Å². The molecule has 0 amide bonds. The summed E-state index contributed by atoms with van der Waals surface area (Å²) in [5, 5.41) is 0.675. The topological polar surface area (TPSA) is 51.0 Å². The lowest BCUT2D eigenvalue weighted by atomic mass is 10.1. The van der Waals surface area contributed by atoms with Gasteiger partial charge in [-0.3, -0.25) is 14.3 Å². The van der Waals surface area contributed by atoms with Crippen LogP contribution in [0.5, 0.6) is 0 Å². The maximum atomic E-state index is 13.1. The van der Waals surface area contributed by atoms with Crippen LogP contribution in [0.25, 0.3) is 10.9 Å². The van der Waals surface area contributed by atoms with Gasteiger partial charge in [-0.1, -0.05) is 12.0 Å². The van der Waals surface area contributed by atoms with Gasteiger partial charge in [0.1, 0.15) is 11.5 Å². The molecule has 2 aliphatic rings. The second kappa shape index (κ2) is 6.64. The highest BCUT2D eigenvalue weighted by Gasteiger charge is 2.29. The minimum Gasteiger partial charge on any atom is -0.298 e. The number of hydrogen-bond donors (Lipinski definition) is 0. The van der Waals surface area contributed by atoms with Crippen molar-refractivity contribution in [2.45, 2.75) is 31.8 Å². The highest BCUT2D eigenvalue weighted by molar-refractivity contribution is 5.79. The van der Waals surface area contributed by atoms with Crippen LogP contribution in [-0.4, -0.2) is 38.6 Å². The summed E-state index contributed by atoms with van der Waals surface area (Å²) in [5.41, 5.74) is 2.39. The average Bonchev–Trinajstić information content (AvgIpc) is 3.07. The van der Waals surface area contributed by atoms with Crippen LogP contribution in [0.3, 0.4) is 0 Å². The molecule has 4 heterocycles. The molecular formula is C22H20N4O. The fraction of sp³-hybridized carbons (Fsp3) is 0.318. The van der Waals surface area contributed by atoms with Crippen molar-refractivity contribution in [3.05, 3.63) is 70.0 Å². The molecule has 0 radical (unpaired) electrons. The maximum absolute atomic E-state index is 13.1. The lowest BCUT2D eigenvalue weighted by Gasteiger charge is -2.20. The Balaban J connectivity index is 1.55. The van der Waals surface area contributed by atoms with Crippen LogP contribution < -0.4 is 5.56 Å². The molecule has 1 aromatic carbocycles. The highest BCUT2D eigenvalue weighted by Crippen LogP contribution is 2.22. The second-order valence-corrected chi connectivity index (χ2v) is 7.22. The Morgan fingerprint density at radius 2 is 2.07 bits per heavy atom. The Hall–Kier alpha value is -2.97. The van der Waals surface area contributed by atoms with Crippen molar-refractivity contribution in [2.75, 3.05) is 13.1 Å². The number of nitrogens with zero attached hydrogens (tertiary/aromatic N) is 4. The predicted octanol–water partition coefficient (Wildman–Crippen LogP) is 2.21. The van der Waals surface area contributed by atoms with Crippen molar-refractivity contribution in [3.63, 3.8) is 0 Å². The van der Waals surface area contributed by atoms with Gasteiger partial charge in [0.15, 0.2) is 0 Å². The van der Waals surface area contributed by atoms with E-state index in [1.807, 2.05) is 41.0 Å². The first-order chi connectivity index (χ1) is 13.3. The molecule has 0 bridgehead atoms. The lowest BCUT2D eigenvalue weighted by molar-refractivity contribution is 0.250. The number of fused-ring (bicyclic) bond motifs is 3. The standard InChI is InChI=1S/C22H20N4O/c27-22-19-9-7-16(6-8-17-4-1-2-11-23-17)14-20(19)24-21-10-13-25-12-3-5-18(25)15-26(21)22/h1-2,4,7,9,11,14,18H,3,5,10,12-13,15H2. The van der Waals surface area contributed by atoms with Crippen molar-refractivity contribution in [1.82, 2.24) is 19.4 Å². The summed E-state index contributed by atoms with van der Waals surface area (Å²) in [6.45, 7) is 2.89. The van der Waals surface area contributed by atoms with E-state index in [-0.39, 0.29) is 5.56 Å². The van der Waals surface area contributed by atoms with Crippen LogP contribution in [0.4, 0.5) is 0 Å². The minimum absolute atomic E-state index is 0.0768. The third-order valence-electron chi connectivity index (χ3n) is 5.55. The van der Waals surface area contributed by atoms with E-state index in [1.54, 1.807) is 6.20 Å². The Labute approximate surface area is 157 Å². The zero-order valence-electron chi connectivity index (χ0n) is 15.1. The Morgan fingerprint density at radius 3 is 2.96 bits per heavy atom. The molecule has 5 heteroatoms. The molecule has 0 aliphatic carbocycles. The quantitative estimate of drug-likeness (QED) is 0.580. The van der Waals surface area contributed by atoms with Gasteiger partial charge in [-0.2, -0.15) is 0 Å². The smallest absolute Gasteiger partial charge is 0.261 e. The van der Waals surface area contributed by atoms with Gasteiger partial charge in [-0.05, 0) is 55.6 Å². The first-order valence-corrected chi connectivity index (χ1v) is 9.48. The molecule has 1 atom stereocenters. The molecular weight excluding hydrogens is 336 g/mol. The SMILES string of the molecule is O=c1c2ccc(C#Cc3ccccn3)cc2nc2n1CC1CCCN1CC2. The van der Waals surface area contributed by atoms with Gasteiger partial charge in [0.2, 0.25) is 0 Å². The van der Waals surface area contributed by atoms with E-state index in [2.05, 4.69) is 21.7 Å². The molecule has 0 N–H and O–H groups in total. The molecule has 0 saturated carbocycles. The summed E-state index contributed by atoms with van der Waals surface area (Å²) in [6, 6.07) is 11.8. The van der Waals surface area contributed by atoms with E-state index < -0.39 is 0 Å². The molecule has 0 spiro atoms. The zero-order chi connectivity index (χ0) is 18.2. The zero-order valence-corrected chi connectivity index (χ0v) is 15.1. The molecule has 1 fully saturated rings. The van der Waals surface area contributed by atoms with Crippen LogP contribution in [0.15, 0.2) is 47.4 Å². The largest absolute Gasteiger partial charge is 0.298 e. The average molecular weight is 356 g/mol. The third-order valence-corrected chi connectivity index (χ3v) is 5.55. The van der Waals surface area contributed by atoms with Gasteiger partial charge in [-0.15, -0.1) is 0 Å². The molecule has 1 saturated heterocycles.